The number of anilines is 2. The van der Waals surface area contributed by atoms with Gasteiger partial charge in [0.1, 0.15) is 27.8 Å². The molecule has 0 bridgehead atoms. The number of alkyl carbamates (subject to hydrolysis) is 1. The number of nitrogens with one attached hydrogen (secondary N) is 2. The molecule has 0 aliphatic heterocycles. The molecule has 0 aliphatic carbocycles. The Morgan fingerprint density at radius 1 is 0.977 bits per heavy atom. The Morgan fingerprint density at radius 3 is 2.44 bits per heavy atom. The highest BCUT2D eigenvalue weighted by Gasteiger charge is 2.23. The van der Waals surface area contributed by atoms with E-state index in [1.807, 2.05) is 41.3 Å². The fraction of sp³-hybridized carbons (Fsp3) is 0.250. The third kappa shape index (κ3) is 8.68. The summed E-state index contributed by atoms with van der Waals surface area (Å²) in [7, 11) is -2.80. The predicted molar refractivity (Wildman–Crippen MR) is 165 cm³/mol. The summed E-state index contributed by atoms with van der Waals surface area (Å²) in [5, 5.41) is 2.77. The van der Waals surface area contributed by atoms with Crippen LogP contribution in [0, 0.1) is 5.82 Å². The van der Waals surface area contributed by atoms with E-state index < -0.39 is 27.5 Å². The molecular weight excluding hydrogens is 571 g/mol. The first-order chi connectivity index (χ1) is 20.4. The highest BCUT2D eigenvalue weighted by Crippen LogP contribution is 2.32. The van der Waals surface area contributed by atoms with Gasteiger partial charge in [0.15, 0.2) is 0 Å². The normalized spacial score (nSPS) is 11.5. The number of amides is 1. The van der Waals surface area contributed by atoms with Crippen LogP contribution in [0.2, 0.25) is 0 Å². The molecule has 1 aromatic heterocycles. The van der Waals surface area contributed by atoms with Crippen molar-refractivity contribution in [2.24, 2.45) is 0 Å². The van der Waals surface area contributed by atoms with Crippen molar-refractivity contribution in [1.29, 1.82) is 0 Å². The molecule has 0 atom stereocenters. The quantitative estimate of drug-likeness (QED) is 0.208. The third-order valence-corrected chi connectivity index (χ3v) is 7.62. The van der Waals surface area contributed by atoms with Crippen LogP contribution in [0.15, 0.2) is 96.0 Å². The van der Waals surface area contributed by atoms with Crippen LogP contribution < -0.4 is 19.7 Å². The van der Waals surface area contributed by atoms with E-state index in [4.69, 9.17) is 9.47 Å². The minimum absolute atomic E-state index is 0.0279. The standard InChI is InChI=1S/C32H35FN4O5S/c1-32(2,3)42-31(38)35-18-19-37(22-23-10-6-5-7-11-23)26-13-8-12-25(21-26)36-43(39,40)29-20-24(15-16-28(29)41-4)30-27(33)14-9-17-34-30/h5-17,20-21,36H,18-19,22H2,1-4H3,(H,35,38). The second kappa shape index (κ2) is 13.6. The smallest absolute Gasteiger partial charge is 0.407 e. The summed E-state index contributed by atoms with van der Waals surface area (Å²) in [4.78, 5) is 18.1. The molecular formula is C32H35FN4O5S. The van der Waals surface area contributed by atoms with Crippen molar-refractivity contribution in [3.63, 3.8) is 0 Å². The van der Waals surface area contributed by atoms with E-state index >= 15 is 0 Å². The molecule has 0 saturated heterocycles. The number of nitrogens with zero attached hydrogens (tertiary/aromatic N) is 2. The SMILES string of the molecule is COc1ccc(-c2ncccc2F)cc1S(=O)(=O)Nc1cccc(N(CCNC(=O)OC(C)(C)C)Cc2ccccc2)c1. The molecule has 0 fully saturated rings. The molecule has 43 heavy (non-hydrogen) atoms. The minimum Gasteiger partial charge on any atom is -0.495 e. The largest absolute Gasteiger partial charge is 0.495 e. The molecule has 3 aromatic carbocycles. The van der Waals surface area contributed by atoms with Crippen molar-refractivity contribution in [2.45, 2.75) is 37.8 Å². The summed E-state index contributed by atoms with van der Waals surface area (Å²) in [6.07, 6.45) is 0.917. The number of carbonyl (C=O) groups excluding carboxylic acids is 1. The predicted octanol–water partition coefficient (Wildman–Crippen LogP) is 6.23. The maximum atomic E-state index is 14.4. The maximum absolute atomic E-state index is 14.4. The first-order valence-electron chi connectivity index (χ1n) is 13.6. The van der Waals surface area contributed by atoms with Crippen molar-refractivity contribution in [1.82, 2.24) is 10.3 Å². The molecule has 0 saturated carbocycles. The average Bonchev–Trinajstić information content (AvgIpc) is 2.96. The number of benzene rings is 3. The van der Waals surface area contributed by atoms with Gasteiger partial charge in [-0.15, -0.1) is 0 Å². The molecule has 0 radical (unpaired) electrons. The first-order valence-corrected chi connectivity index (χ1v) is 15.1. The zero-order chi connectivity index (χ0) is 31.0. The minimum atomic E-state index is -4.16. The van der Waals surface area contributed by atoms with E-state index in [-0.39, 0.29) is 16.3 Å². The number of methoxy groups -OCH3 is 1. The summed E-state index contributed by atoms with van der Waals surface area (Å²) in [5.74, 6) is -0.473. The van der Waals surface area contributed by atoms with Crippen LogP contribution in [0.4, 0.5) is 20.6 Å². The van der Waals surface area contributed by atoms with E-state index in [9.17, 15) is 17.6 Å². The van der Waals surface area contributed by atoms with Crippen LogP contribution in [-0.4, -0.2) is 45.3 Å². The molecule has 11 heteroatoms. The number of carbonyl (C=O) groups is 1. The van der Waals surface area contributed by atoms with E-state index in [0.29, 0.717) is 30.9 Å². The number of halogens is 1. The van der Waals surface area contributed by atoms with Crippen LogP contribution in [0.5, 0.6) is 5.75 Å². The highest BCUT2D eigenvalue weighted by atomic mass is 32.2. The Balaban J connectivity index is 1.59. The Labute approximate surface area is 251 Å². The number of aromatic nitrogens is 1. The van der Waals surface area contributed by atoms with Gasteiger partial charge in [0.05, 0.1) is 12.8 Å². The third-order valence-electron chi connectivity index (χ3n) is 6.21. The highest BCUT2D eigenvalue weighted by molar-refractivity contribution is 7.92. The topological polar surface area (TPSA) is 110 Å². The van der Waals surface area contributed by atoms with Gasteiger partial charge < -0.3 is 19.7 Å². The zero-order valence-corrected chi connectivity index (χ0v) is 25.3. The molecule has 226 valence electrons. The zero-order valence-electron chi connectivity index (χ0n) is 24.5. The monoisotopic (exact) mass is 606 g/mol. The van der Waals surface area contributed by atoms with Gasteiger partial charge in [0.25, 0.3) is 10.0 Å². The maximum Gasteiger partial charge on any atom is 0.407 e. The second-order valence-corrected chi connectivity index (χ2v) is 12.3. The van der Waals surface area contributed by atoms with Gasteiger partial charge in [-0.25, -0.2) is 17.6 Å². The molecule has 0 spiro atoms. The van der Waals surface area contributed by atoms with Crippen LogP contribution in [0.25, 0.3) is 11.3 Å². The molecule has 2 N–H and O–H groups in total. The number of rotatable bonds is 11. The van der Waals surface area contributed by atoms with Gasteiger partial charge in [-0.1, -0.05) is 36.4 Å². The van der Waals surface area contributed by atoms with E-state index in [1.54, 1.807) is 45.0 Å². The number of sulfonamides is 1. The van der Waals surface area contributed by atoms with Crippen LogP contribution in [0.3, 0.4) is 0 Å². The summed E-state index contributed by atoms with van der Waals surface area (Å²) >= 11 is 0. The Bertz CT molecular complexity index is 1660. The fourth-order valence-corrected chi connectivity index (χ4v) is 5.56. The van der Waals surface area contributed by atoms with E-state index in [0.717, 1.165) is 11.3 Å². The van der Waals surface area contributed by atoms with Crippen molar-refractivity contribution in [2.75, 3.05) is 29.8 Å². The van der Waals surface area contributed by atoms with Gasteiger partial charge in [0, 0.05) is 37.1 Å². The summed E-state index contributed by atoms with van der Waals surface area (Å²) in [6.45, 7) is 6.62. The van der Waals surface area contributed by atoms with Crippen molar-refractivity contribution < 1.29 is 27.1 Å². The molecule has 4 aromatic rings. The van der Waals surface area contributed by atoms with Gasteiger partial charge in [0.2, 0.25) is 0 Å². The number of hydrogen-bond acceptors (Lipinski definition) is 7. The van der Waals surface area contributed by atoms with Gasteiger partial charge >= 0.3 is 6.09 Å². The summed E-state index contributed by atoms with van der Waals surface area (Å²) in [6, 6.07) is 23.8. The average molecular weight is 607 g/mol. The Hall–Kier alpha value is -4.64. The number of pyridine rings is 1. The Morgan fingerprint density at radius 2 is 1.74 bits per heavy atom. The lowest BCUT2D eigenvalue weighted by molar-refractivity contribution is 0.0529. The molecule has 1 heterocycles. The Kier molecular flexibility index (Phi) is 9.87. The van der Waals surface area contributed by atoms with Crippen molar-refractivity contribution >= 4 is 27.5 Å². The van der Waals surface area contributed by atoms with Gasteiger partial charge in [-0.05, 0) is 74.9 Å². The second-order valence-electron chi connectivity index (χ2n) is 10.7. The molecule has 0 unspecified atom stereocenters. The van der Waals surface area contributed by atoms with Gasteiger partial charge in [-0.2, -0.15) is 0 Å². The molecule has 4 rings (SSSR count). The van der Waals surface area contributed by atoms with E-state index in [2.05, 4.69) is 15.0 Å². The molecule has 9 nitrogen and oxygen atoms in total. The van der Waals surface area contributed by atoms with Crippen LogP contribution >= 0.6 is 0 Å². The van der Waals surface area contributed by atoms with Gasteiger partial charge in [-0.3, -0.25) is 9.71 Å². The lowest BCUT2D eigenvalue weighted by atomic mass is 10.1. The lowest BCUT2D eigenvalue weighted by Gasteiger charge is -2.26. The fourth-order valence-electron chi connectivity index (χ4n) is 4.32. The van der Waals surface area contributed by atoms with Crippen molar-refractivity contribution in [3.05, 3.63) is 103 Å². The van der Waals surface area contributed by atoms with Crippen LogP contribution in [0.1, 0.15) is 26.3 Å². The first kappa shape index (κ1) is 31.3. The summed E-state index contributed by atoms with van der Waals surface area (Å²) in [5.41, 5.74) is 1.78. The lowest BCUT2D eigenvalue weighted by Crippen LogP contribution is -2.38. The summed E-state index contributed by atoms with van der Waals surface area (Å²) < 4.78 is 54.9. The number of ether oxygens (including phenoxy) is 2. The van der Waals surface area contributed by atoms with Crippen molar-refractivity contribution in [3.8, 4) is 17.0 Å². The molecule has 1 amide bonds. The molecule has 0 aliphatic rings. The van der Waals surface area contributed by atoms with E-state index in [1.165, 1.54) is 37.6 Å². The van der Waals surface area contributed by atoms with Crippen LogP contribution in [-0.2, 0) is 21.3 Å². The number of hydrogen-bond donors (Lipinski definition) is 2.